The van der Waals surface area contributed by atoms with Crippen molar-refractivity contribution in [2.45, 2.75) is 38.8 Å². The Morgan fingerprint density at radius 1 is 1.42 bits per heavy atom. The van der Waals surface area contributed by atoms with E-state index in [1.165, 1.54) is 6.07 Å². The average molecular weight is 333 g/mol. The highest BCUT2D eigenvalue weighted by Crippen LogP contribution is 2.30. The molecule has 2 aliphatic heterocycles. The fraction of sp³-hybridized carbons (Fsp3) is 0.588. The second-order valence-corrected chi connectivity index (χ2v) is 6.64. The second kappa shape index (κ2) is 6.86. The van der Waals surface area contributed by atoms with Crippen LogP contribution < -0.4 is 4.90 Å². The van der Waals surface area contributed by atoms with Crippen molar-refractivity contribution in [2.75, 3.05) is 31.1 Å². The van der Waals surface area contributed by atoms with Crippen molar-refractivity contribution in [1.29, 1.82) is 0 Å². The number of hydrogen-bond donors (Lipinski definition) is 0. The van der Waals surface area contributed by atoms with Gasteiger partial charge in [0.15, 0.2) is 0 Å². The Hall–Kier alpha value is -1.99. The molecule has 0 aromatic heterocycles. The van der Waals surface area contributed by atoms with Gasteiger partial charge in [-0.15, -0.1) is 0 Å². The summed E-state index contributed by atoms with van der Waals surface area (Å²) in [6.07, 6.45) is 1.73. The lowest BCUT2D eigenvalue weighted by Crippen LogP contribution is -2.52. The van der Waals surface area contributed by atoms with E-state index in [4.69, 9.17) is 4.74 Å². The third-order valence-corrected chi connectivity index (χ3v) is 4.77. The van der Waals surface area contributed by atoms with Gasteiger partial charge in [0.05, 0.1) is 24.2 Å². The average Bonchev–Trinajstić information content (AvgIpc) is 2.57. The number of nitro groups is 1. The number of anilines is 1. The summed E-state index contributed by atoms with van der Waals surface area (Å²) in [6.45, 7) is 6.47. The molecule has 0 aliphatic carbocycles. The Morgan fingerprint density at radius 2 is 2.21 bits per heavy atom. The maximum atomic E-state index is 12.8. The summed E-state index contributed by atoms with van der Waals surface area (Å²) in [5.41, 5.74) is 1.77. The first-order chi connectivity index (χ1) is 11.5. The van der Waals surface area contributed by atoms with Crippen LogP contribution in [0.2, 0.25) is 0 Å². The van der Waals surface area contributed by atoms with Gasteiger partial charge in [0.2, 0.25) is 5.91 Å². The van der Waals surface area contributed by atoms with Crippen molar-refractivity contribution in [2.24, 2.45) is 0 Å². The van der Waals surface area contributed by atoms with Crippen molar-refractivity contribution < 1.29 is 14.5 Å². The quantitative estimate of drug-likeness (QED) is 0.624. The van der Waals surface area contributed by atoms with Crippen LogP contribution in [0.4, 0.5) is 11.4 Å². The van der Waals surface area contributed by atoms with Crippen molar-refractivity contribution in [3.63, 3.8) is 0 Å². The van der Waals surface area contributed by atoms with E-state index < -0.39 is 4.92 Å². The van der Waals surface area contributed by atoms with Gasteiger partial charge >= 0.3 is 0 Å². The molecule has 2 heterocycles. The summed E-state index contributed by atoms with van der Waals surface area (Å²) >= 11 is 0. The van der Waals surface area contributed by atoms with Gasteiger partial charge in [-0.05, 0) is 38.3 Å². The van der Waals surface area contributed by atoms with Crippen molar-refractivity contribution >= 4 is 17.3 Å². The zero-order valence-corrected chi connectivity index (χ0v) is 14.1. The first-order valence-electron chi connectivity index (χ1n) is 8.39. The molecule has 7 heteroatoms. The smallest absolute Gasteiger partial charge is 0.269 e. The van der Waals surface area contributed by atoms with E-state index in [0.717, 1.165) is 30.6 Å². The molecule has 0 unspecified atom stereocenters. The summed E-state index contributed by atoms with van der Waals surface area (Å²) < 4.78 is 5.61. The molecule has 0 radical (unpaired) electrons. The summed E-state index contributed by atoms with van der Waals surface area (Å²) in [4.78, 5) is 27.3. The number of non-ortho nitro benzene ring substituents is 1. The lowest BCUT2D eigenvalue weighted by atomic mass is 10.0. The molecule has 2 aliphatic rings. The van der Waals surface area contributed by atoms with Gasteiger partial charge in [-0.2, -0.15) is 0 Å². The molecule has 1 aromatic carbocycles. The van der Waals surface area contributed by atoms with Crippen LogP contribution in [0, 0.1) is 10.1 Å². The van der Waals surface area contributed by atoms with E-state index >= 15 is 0 Å². The lowest BCUT2D eigenvalue weighted by molar-refractivity contribution is -0.384. The van der Waals surface area contributed by atoms with Crippen LogP contribution in [0.3, 0.4) is 0 Å². The van der Waals surface area contributed by atoms with E-state index in [2.05, 4.69) is 11.8 Å². The molecule has 1 aromatic rings. The third kappa shape index (κ3) is 3.42. The fourth-order valence-corrected chi connectivity index (χ4v) is 3.41. The van der Waals surface area contributed by atoms with E-state index in [-0.39, 0.29) is 23.7 Å². The molecular formula is C17H23N3O4. The van der Waals surface area contributed by atoms with Crippen LogP contribution in [0.15, 0.2) is 18.2 Å². The van der Waals surface area contributed by atoms with Gasteiger partial charge < -0.3 is 9.64 Å². The van der Waals surface area contributed by atoms with E-state index in [0.29, 0.717) is 19.7 Å². The standard InChI is InChI=1S/C17H23N3O4/c1-12-11-24-13(2)9-18(12)10-17(21)19-7-3-4-14-8-15(20(22)23)5-6-16(14)19/h5-6,8,12-13H,3-4,7,9-11H2,1-2H3/t12-,13-/m1/s1. The number of rotatable bonds is 3. The van der Waals surface area contributed by atoms with Crippen LogP contribution in [0.1, 0.15) is 25.8 Å². The highest BCUT2D eigenvalue weighted by molar-refractivity contribution is 5.96. The van der Waals surface area contributed by atoms with E-state index in [1.807, 2.05) is 6.92 Å². The summed E-state index contributed by atoms with van der Waals surface area (Å²) in [5, 5.41) is 10.9. The lowest BCUT2D eigenvalue weighted by Gasteiger charge is -2.38. The number of carbonyl (C=O) groups is 1. The monoisotopic (exact) mass is 333 g/mol. The van der Waals surface area contributed by atoms with Crippen LogP contribution in [-0.4, -0.2) is 54.1 Å². The molecule has 0 bridgehead atoms. The van der Waals surface area contributed by atoms with E-state index in [9.17, 15) is 14.9 Å². The number of ether oxygens (including phenoxy) is 1. The number of nitro benzene ring substituents is 1. The molecule has 2 atom stereocenters. The number of hydrogen-bond acceptors (Lipinski definition) is 5. The van der Waals surface area contributed by atoms with E-state index in [1.54, 1.807) is 17.0 Å². The van der Waals surface area contributed by atoms with Gasteiger partial charge in [0.25, 0.3) is 5.69 Å². The van der Waals surface area contributed by atoms with Crippen LogP contribution in [-0.2, 0) is 16.0 Å². The van der Waals surface area contributed by atoms with Crippen molar-refractivity contribution in [3.8, 4) is 0 Å². The molecule has 0 saturated carbocycles. The first-order valence-corrected chi connectivity index (χ1v) is 8.39. The Balaban J connectivity index is 1.76. The highest BCUT2D eigenvalue weighted by Gasteiger charge is 2.29. The largest absolute Gasteiger partial charge is 0.376 e. The van der Waals surface area contributed by atoms with Crippen LogP contribution in [0.5, 0.6) is 0 Å². The van der Waals surface area contributed by atoms with Crippen LogP contribution >= 0.6 is 0 Å². The molecule has 0 spiro atoms. The minimum atomic E-state index is -0.391. The van der Waals surface area contributed by atoms with Gasteiger partial charge in [0.1, 0.15) is 0 Å². The second-order valence-electron chi connectivity index (χ2n) is 6.64. The topological polar surface area (TPSA) is 75.9 Å². The number of amides is 1. The zero-order valence-electron chi connectivity index (χ0n) is 14.1. The maximum absolute atomic E-state index is 12.8. The molecule has 1 fully saturated rings. The summed E-state index contributed by atoms with van der Waals surface area (Å²) in [7, 11) is 0. The molecule has 0 N–H and O–H groups in total. The predicted molar refractivity (Wildman–Crippen MR) is 90.2 cm³/mol. The molecule has 7 nitrogen and oxygen atoms in total. The van der Waals surface area contributed by atoms with Gasteiger partial charge in [-0.25, -0.2) is 0 Å². The van der Waals surface area contributed by atoms with Gasteiger partial charge in [0, 0.05) is 37.0 Å². The van der Waals surface area contributed by atoms with Gasteiger partial charge in [-0.1, -0.05) is 0 Å². The number of nitrogens with zero attached hydrogens (tertiary/aromatic N) is 3. The number of carbonyl (C=O) groups excluding carboxylic acids is 1. The Kier molecular flexibility index (Phi) is 4.82. The highest BCUT2D eigenvalue weighted by atomic mass is 16.6. The number of aryl methyl sites for hydroxylation is 1. The van der Waals surface area contributed by atoms with Gasteiger partial charge in [-0.3, -0.25) is 19.8 Å². The number of benzene rings is 1. The molecule has 3 rings (SSSR count). The minimum absolute atomic E-state index is 0.0470. The Bertz CT molecular complexity index is 649. The first kappa shape index (κ1) is 16.9. The molecule has 1 amide bonds. The zero-order chi connectivity index (χ0) is 17.3. The number of morpholine rings is 1. The summed E-state index contributed by atoms with van der Waals surface area (Å²) in [6, 6.07) is 4.99. The number of fused-ring (bicyclic) bond motifs is 1. The molecule has 130 valence electrons. The molecule has 24 heavy (non-hydrogen) atoms. The molecular weight excluding hydrogens is 310 g/mol. The fourth-order valence-electron chi connectivity index (χ4n) is 3.41. The normalized spacial score (nSPS) is 24.5. The van der Waals surface area contributed by atoms with Crippen LogP contribution in [0.25, 0.3) is 0 Å². The Labute approximate surface area is 141 Å². The third-order valence-electron chi connectivity index (χ3n) is 4.77. The minimum Gasteiger partial charge on any atom is -0.376 e. The Morgan fingerprint density at radius 3 is 2.96 bits per heavy atom. The van der Waals surface area contributed by atoms with Crippen molar-refractivity contribution in [3.05, 3.63) is 33.9 Å². The predicted octanol–water partition coefficient (Wildman–Crippen LogP) is 1.98. The van der Waals surface area contributed by atoms with Crippen molar-refractivity contribution in [1.82, 2.24) is 4.90 Å². The SMILES string of the molecule is C[C@@H]1CN(CC(=O)N2CCCc3cc([N+](=O)[O-])ccc32)[C@H](C)CO1. The maximum Gasteiger partial charge on any atom is 0.269 e. The summed E-state index contributed by atoms with van der Waals surface area (Å²) in [5.74, 6) is 0.0470. The molecule has 1 saturated heterocycles.